The molecule has 4 rings (SSSR count). The molecule has 0 unspecified atom stereocenters. The molecule has 0 bridgehead atoms. The minimum Gasteiger partial charge on any atom is -0.488 e. The van der Waals surface area contributed by atoms with Crippen molar-refractivity contribution in [3.8, 4) is 22.7 Å². The van der Waals surface area contributed by atoms with Gasteiger partial charge in [0.05, 0.1) is 18.4 Å². The molecule has 0 saturated heterocycles. The fourth-order valence-electron chi connectivity index (χ4n) is 3.83. The molecule has 33 heavy (non-hydrogen) atoms. The molecule has 4 aromatic rings. The molecule has 3 aromatic carbocycles. The average Bonchev–Trinajstić information content (AvgIpc) is 3.21. The summed E-state index contributed by atoms with van der Waals surface area (Å²) in [6.45, 7) is 4.29. The molecule has 0 atom stereocenters. The van der Waals surface area contributed by atoms with Crippen LogP contribution in [0.4, 0.5) is 5.69 Å². The number of halogens is 1. The van der Waals surface area contributed by atoms with E-state index < -0.39 is 5.97 Å². The van der Waals surface area contributed by atoms with E-state index in [1.54, 1.807) is 0 Å². The van der Waals surface area contributed by atoms with Crippen molar-refractivity contribution < 1.29 is 14.3 Å². The number of carbonyl (C=O) groups is 1. The maximum Gasteiger partial charge on any atom is 0.338 e. The van der Waals surface area contributed by atoms with Gasteiger partial charge < -0.3 is 19.8 Å². The summed E-state index contributed by atoms with van der Waals surface area (Å²) in [4.78, 5) is 12.4. The SMILES string of the molecule is COC(=O)c1cc(-n2c(C)ccc2-c2cc(Br)ccc2OCc2ccccc2)cc(N)c1C. The van der Waals surface area contributed by atoms with E-state index in [2.05, 4.69) is 20.5 Å². The third kappa shape index (κ3) is 4.66. The number of aromatic nitrogens is 1. The van der Waals surface area contributed by atoms with Crippen LogP contribution >= 0.6 is 15.9 Å². The molecule has 0 amide bonds. The lowest BCUT2D eigenvalue weighted by Crippen LogP contribution is -2.09. The van der Waals surface area contributed by atoms with Crippen LogP contribution in [0.1, 0.15) is 27.2 Å². The van der Waals surface area contributed by atoms with Gasteiger partial charge in [0.1, 0.15) is 12.4 Å². The van der Waals surface area contributed by atoms with E-state index in [9.17, 15) is 4.79 Å². The van der Waals surface area contributed by atoms with E-state index in [1.165, 1.54) is 7.11 Å². The Hall–Kier alpha value is -3.51. The number of rotatable bonds is 6. The molecule has 2 N–H and O–H groups in total. The Morgan fingerprint density at radius 1 is 1.00 bits per heavy atom. The molecule has 0 radical (unpaired) electrons. The van der Waals surface area contributed by atoms with Crippen molar-refractivity contribution in [1.82, 2.24) is 4.57 Å². The van der Waals surface area contributed by atoms with E-state index in [1.807, 2.05) is 86.6 Å². The fourth-order valence-corrected chi connectivity index (χ4v) is 4.19. The highest BCUT2D eigenvalue weighted by Gasteiger charge is 2.19. The number of benzene rings is 3. The highest BCUT2D eigenvalue weighted by Crippen LogP contribution is 2.37. The Balaban J connectivity index is 1.82. The summed E-state index contributed by atoms with van der Waals surface area (Å²) in [6.07, 6.45) is 0. The maximum absolute atomic E-state index is 12.4. The fraction of sp³-hybridized carbons (Fsp3) is 0.148. The van der Waals surface area contributed by atoms with Crippen LogP contribution in [0.25, 0.3) is 16.9 Å². The number of ether oxygens (including phenoxy) is 2. The topological polar surface area (TPSA) is 66.5 Å². The van der Waals surface area contributed by atoms with Gasteiger partial charge in [0.25, 0.3) is 0 Å². The van der Waals surface area contributed by atoms with E-state index in [0.29, 0.717) is 23.4 Å². The zero-order chi connectivity index (χ0) is 23.5. The first-order valence-corrected chi connectivity index (χ1v) is 11.3. The van der Waals surface area contributed by atoms with Crippen LogP contribution in [-0.2, 0) is 11.3 Å². The maximum atomic E-state index is 12.4. The van der Waals surface area contributed by atoms with Gasteiger partial charge in [0.15, 0.2) is 0 Å². The second kappa shape index (κ2) is 9.55. The molecule has 0 spiro atoms. The summed E-state index contributed by atoms with van der Waals surface area (Å²) >= 11 is 3.59. The first kappa shape index (κ1) is 22.7. The lowest BCUT2D eigenvalue weighted by atomic mass is 10.0. The molecule has 0 saturated carbocycles. The Kier molecular flexibility index (Phi) is 6.56. The monoisotopic (exact) mass is 504 g/mol. The highest BCUT2D eigenvalue weighted by atomic mass is 79.9. The molecule has 0 aliphatic heterocycles. The molecular weight excluding hydrogens is 480 g/mol. The summed E-state index contributed by atoms with van der Waals surface area (Å²) in [7, 11) is 1.37. The van der Waals surface area contributed by atoms with Gasteiger partial charge in [0.2, 0.25) is 0 Å². The summed E-state index contributed by atoms with van der Waals surface area (Å²) in [5.41, 5.74) is 12.7. The van der Waals surface area contributed by atoms with Gasteiger partial charge in [-0.25, -0.2) is 4.79 Å². The molecule has 1 aromatic heterocycles. The normalized spacial score (nSPS) is 10.8. The Bertz CT molecular complexity index is 1310. The number of methoxy groups -OCH3 is 1. The minimum absolute atomic E-state index is 0.415. The van der Waals surface area contributed by atoms with E-state index >= 15 is 0 Å². The minimum atomic E-state index is -0.415. The van der Waals surface area contributed by atoms with Gasteiger partial charge in [-0.2, -0.15) is 0 Å². The zero-order valence-electron chi connectivity index (χ0n) is 18.8. The van der Waals surface area contributed by atoms with Crippen LogP contribution in [-0.4, -0.2) is 17.6 Å². The second-order valence-corrected chi connectivity index (χ2v) is 8.72. The number of hydrogen-bond donors (Lipinski definition) is 1. The predicted molar refractivity (Wildman–Crippen MR) is 135 cm³/mol. The number of nitrogen functional groups attached to an aromatic ring is 1. The quantitative estimate of drug-likeness (QED) is 0.241. The zero-order valence-corrected chi connectivity index (χ0v) is 20.3. The van der Waals surface area contributed by atoms with Crippen molar-refractivity contribution in [2.24, 2.45) is 0 Å². The Morgan fingerprint density at radius 2 is 1.76 bits per heavy atom. The van der Waals surface area contributed by atoms with Crippen LogP contribution < -0.4 is 10.5 Å². The molecule has 0 fully saturated rings. The third-order valence-electron chi connectivity index (χ3n) is 5.63. The second-order valence-electron chi connectivity index (χ2n) is 7.81. The lowest BCUT2D eigenvalue weighted by molar-refractivity contribution is 0.0600. The summed E-state index contributed by atoms with van der Waals surface area (Å²) in [6, 6.07) is 23.8. The molecule has 168 valence electrons. The Labute approximate surface area is 201 Å². The van der Waals surface area contributed by atoms with Gasteiger partial charge in [-0.3, -0.25) is 0 Å². The standard InChI is InChI=1S/C27H25BrN2O3/c1-17-9-11-25(30(17)21-14-22(27(31)32-3)18(2)24(29)15-21)23-13-20(28)10-12-26(23)33-16-19-7-5-4-6-8-19/h4-15H,16,29H2,1-3H3. The van der Waals surface area contributed by atoms with Gasteiger partial charge in [-0.05, 0) is 67.4 Å². The van der Waals surface area contributed by atoms with Gasteiger partial charge in [-0.1, -0.05) is 46.3 Å². The van der Waals surface area contributed by atoms with Crippen LogP contribution in [0, 0.1) is 13.8 Å². The van der Waals surface area contributed by atoms with Crippen molar-refractivity contribution >= 4 is 27.6 Å². The number of aryl methyl sites for hydroxylation is 1. The average molecular weight is 505 g/mol. The lowest BCUT2D eigenvalue weighted by Gasteiger charge is -2.18. The van der Waals surface area contributed by atoms with Crippen LogP contribution in [0.3, 0.4) is 0 Å². The first-order valence-electron chi connectivity index (χ1n) is 10.5. The summed E-state index contributed by atoms with van der Waals surface area (Å²) < 4.78 is 14.2. The number of nitrogens with two attached hydrogens (primary N) is 1. The van der Waals surface area contributed by atoms with Gasteiger partial charge >= 0.3 is 5.97 Å². The van der Waals surface area contributed by atoms with E-state index in [0.717, 1.165) is 38.4 Å². The molecule has 0 aliphatic rings. The van der Waals surface area contributed by atoms with Crippen molar-refractivity contribution in [2.75, 3.05) is 12.8 Å². The number of carbonyl (C=O) groups excluding carboxylic acids is 1. The van der Waals surface area contributed by atoms with E-state index in [-0.39, 0.29) is 0 Å². The van der Waals surface area contributed by atoms with E-state index in [4.69, 9.17) is 15.2 Å². The van der Waals surface area contributed by atoms with Gasteiger partial charge in [0, 0.05) is 27.1 Å². The van der Waals surface area contributed by atoms with Crippen molar-refractivity contribution in [2.45, 2.75) is 20.5 Å². The predicted octanol–water partition coefficient (Wildman–Crippen LogP) is 6.47. The van der Waals surface area contributed by atoms with Crippen LogP contribution in [0.2, 0.25) is 0 Å². The van der Waals surface area contributed by atoms with Crippen molar-refractivity contribution in [3.63, 3.8) is 0 Å². The largest absolute Gasteiger partial charge is 0.488 e. The molecule has 6 heteroatoms. The van der Waals surface area contributed by atoms with Crippen LogP contribution in [0.15, 0.2) is 77.3 Å². The number of esters is 1. The number of anilines is 1. The molecular formula is C27H25BrN2O3. The smallest absolute Gasteiger partial charge is 0.338 e. The Morgan fingerprint density at radius 3 is 2.48 bits per heavy atom. The summed E-state index contributed by atoms with van der Waals surface area (Å²) in [5.74, 6) is 0.344. The molecule has 5 nitrogen and oxygen atoms in total. The molecule has 0 aliphatic carbocycles. The highest BCUT2D eigenvalue weighted by molar-refractivity contribution is 9.10. The molecule has 1 heterocycles. The first-order chi connectivity index (χ1) is 15.9. The third-order valence-corrected chi connectivity index (χ3v) is 6.12. The van der Waals surface area contributed by atoms with Crippen LogP contribution in [0.5, 0.6) is 5.75 Å². The van der Waals surface area contributed by atoms with Crippen molar-refractivity contribution in [1.29, 1.82) is 0 Å². The summed E-state index contributed by atoms with van der Waals surface area (Å²) in [5, 5.41) is 0. The number of hydrogen-bond acceptors (Lipinski definition) is 4. The number of nitrogens with zero attached hydrogens (tertiary/aromatic N) is 1. The van der Waals surface area contributed by atoms with Gasteiger partial charge in [-0.15, -0.1) is 0 Å². The van der Waals surface area contributed by atoms with Crippen molar-refractivity contribution in [3.05, 3.63) is 99.7 Å².